The van der Waals surface area contributed by atoms with Crippen LogP contribution in [-0.2, 0) is 11.0 Å². The molecule has 0 spiro atoms. The lowest BCUT2D eigenvalue weighted by molar-refractivity contribution is -0.137. The molecule has 0 bridgehead atoms. The highest BCUT2D eigenvalue weighted by Crippen LogP contribution is 2.34. The largest absolute Gasteiger partial charge is 0.416 e. The summed E-state index contributed by atoms with van der Waals surface area (Å²) in [5.74, 6) is -2.57. The van der Waals surface area contributed by atoms with Crippen LogP contribution >= 0.6 is 11.6 Å². The fourth-order valence-electron chi connectivity index (χ4n) is 3.18. The Morgan fingerprint density at radius 2 is 1.59 bits per heavy atom. The zero-order chi connectivity index (χ0) is 21.5. The van der Waals surface area contributed by atoms with E-state index in [9.17, 15) is 27.6 Å². The first-order valence-corrected chi connectivity index (χ1v) is 9.04. The van der Waals surface area contributed by atoms with Crippen LogP contribution < -0.4 is 5.32 Å². The van der Waals surface area contributed by atoms with Crippen molar-refractivity contribution in [3.05, 3.63) is 64.2 Å². The Bertz CT molecular complexity index is 970. The van der Waals surface area contributed by atoms with Gasteiger partial charge in [-0.3, -0.25) is 19.3 Å². The van der Waals surface area contributed by atoms with Crippen molar-refractivity contribution < 1.29 is 27.6 Å². The molecule has 3 amide bonds. The van der Waals surface area contributed by atoms with Crippen LogP contribution in [0.5, 0.6) is 0 Å². The topological polar surface area (TPSA) is 66.5 Å². The van der Waals surface area contributed by atoms with Crippen molar-refractivity contribution in [1.82, 2.24) is 4.90 Å². The standard InChI is InChI=1S/C20H16ClF3N2O3/c1-10(2)16(26-18(28)12-5-3-4-6-13(12)19(26)29)17(27)25-15-9-11(20(22,23)24)7-8-14(15)21/h3-10,16H,1-2H3,(H,25,27)/t16-/m0/s1. The van der Waals surface area contributed by atoms with Gasteiger partial charge in [-0.25, -0.2) is 0 Å². The fraction of sp³-hybridized carbons (Fsp3) is 0.250. The Morgan fingerprint density at radius 3 is 2.07 bits per heavy atom. The predicted molar refractivity (Wildman–Crippen MR) is 101 cm³/mol. The molecule has 9 heteroatoms. The number of carbonyl (C=O) groups is 3. The number of rotatable bonds is 4. The van der Waals surface area contributed by atoms with Gasteiger partial charge in [0, 0.05) is 0 Å². The first-order chi connectivity index (χ1) is 13.5. The maximum absolute atomic E-state index is 13.0. The zero-order valence-electron chi connectivity index (χ0n) is 15.4. The minimum Gasteiger partial charge on any atom is -0.323 e. The van der Waals surface area contributed by atoms with Crippen LogP contribution in [0.1, 0.15) is 40.1 Å². The van der Waals surface area contributed by atoms with Gasteiger partial charge in [0.1, 0.15) is 6.04 Å². The van der Waals surface area contributed by atoms with Crippen molar-refractivity contribution >= 4 is 35.0 Å². The summed E-state index contributed by atoms with van der Waals surface area (Å²) in [6.07, 6.45) is -4.62. The summed E-state index contributed by atoms with van der Waals surface area (Å²) in [6.45, 7) is 3.25. The highest BCUT2D eigenvalue weighted by atomic mass is 35.5. The Hall–Kier alpha value is -2.87. The van der Waals surface area contributed by atoms with Gasteiger partial charge >= 0.3 is 6.18 Å². The van der Waals surface area contributed by atoms with Gasteiger partial charge in [-0.2, -0.15) is 13.2 Å². The quantitative estimate of drug-likeness (QED) is 0.728. The third kappa shape index (κ3) is 3.85. The Balaban J connectivity index is 1.93. The molecule has 0 aromatic heterocycles. The fourth-order valence-corrected chi connectivity index (χ4v) is 3.35. The van der Waals surface area contributed by atoms with Crippen molar-refractivity contribution in [3.8, 4) is 0 Å². The minimum absolute atomic E-state index is 0.101. The number of imide groups is 1. The van der Waals surface area contributed by atoms with E-state index in [4.69, 9.17) is 11.6 Å². The number of anilines is 1. The molecule has 1 heterocycles. The monoisotopic (exact) mass is 424 g/mol. The molecule has 0 saturated carbocycles. The summed E-state index contributed by atoms with van der Waals surface area (Å²) in [4.78, 5) is 39.2. The number of nitrogens with one attached hydrogen (secondary N) is 1. The molecule has 2 aromatic carbocycles. The second-order valence-electron chi connectivity index (χ2n) is 6.90. The molecule has 1 aliphatic rings. The SMILES string of the molecule is CC(C)[C@@H](C(=O)Nc1cc(C(F)(F)F)ccc1Cl)N1C(=O)c2ccccc2C1=O. The summed E-state index contributed by atoms with van der Waals surface area (Å²) in [7, 11) is 0. The maximum atomic E-state index is 13.0. The van der Waals surface area contributed by atoms with Gasteiger partial charge < -0.3 is 5.32 Å². The number of amides is 3. The number of halogens is 4. The van der Waals surface area contributed by atoms with Gasteiger partial charge in [0.05, 0.1) is 27.4 Å². The Labute approximate surface area is 169 Å². The van der Waals surface area contributed by atoms with Crippen LogP contribution in [0, 0.1) is 5.92 Å². The normalized spacial score (nSPS) is 14.9. The zero-order valence-corrected chi connectivity index (χ0v) is 16.1. The summed E-state index contributed by atoms with van der Waals surface area (Å²) in [5.41, 5.74) is -0.895. The van der Waals surface area contributed by atoms with Crippen molar-refractivity contribution in [1.29, 1.82) is 0 Å². The summed E-state index contributed by atoms with van der Waals surface area (Å²) in [6, 6.07) is 7.45. The predicted octanol–water partition coefficient (Wildman–Crippen LogP) is 4.62. The number of alkyl halides is 3. The maximum Gasteiger partial charge on any atom is 0.416 e. The number of fused-ring (bicyclic) bond motifs is 1. The first-order valence-electron chi connectivity index (χ1n) is 8.67. The van der Waals surface area contributed by atoms with Gasteiger partial charge in [-0.05, 0) is 36.2 Å². The number of nitrogens with zero attached hydrogens (tertiary/aromatic N) is 1. The molecule has 5 nitrogen and oxygen atoms in total. The summed E-state index contributed by atoms with van der Waals surface area (Å²) < 4.78 is 38.9. The molecule has 0 aliphatic carbocycles. The highest BCUT2D eigenvalue weighted by Gasteiger charge is 2.44. The molecule has 2 aromatic rings. The van der Waals surface area contributed by atoms with Crippen molar-refractivity contribution in [2.75, 3.05) is 5.32 Å². The van der Waals surface area contributed by atoms with Crippen LogP contribution in [0.25, 0.3) is 0 Å². The van der Waals surface area contributed by atoms with Crippen LogP contribution in [0.4, 0.5) is 18.9 Å². The van der Waals surface area contributed by atoms with Crippen LogP contribution in [0.2, 0.25) is 5.02 Å². The minimum atomic E-state index is -4.62. The molecule has 1 atom stereocenters. The number of carbonyl (C=O) groups excluding carboxylic acids is 3. The molecule has 0 saturated heterocycles. The van der Waals surface area contributed by atoms with E-state index in [0.29, 0.717) is 6.07 Å². The second kappa shape index (κ2) is 7.51. The van der Waals surface area contributed by atoms with E-state index in [1.807, 2.05) is 0 Å². The van der Waals surface area contributed by atoms with Gasteiger partial charge in [0.2, 0.25) is 5.91 Å². The molecule has 0 unspecified atom stereocenters. The summed E-state index contributed by atoms with van der Waals surface area (Å²) >= 11 is 5.94. The summed E-state index contributed by atoms with van der Waals surface area (Å²) in [5, 5.41) is 2.23. The number of hydrogen-bond donors (Lipinski definition) is 1. The molecule has 152 valence electrons. The average Bonchev–Trinajstić information content (AvgIpc) is 2.88. The number of benzene rings is 2. The van der Waals surface area contributed by atoms with E-state index in [1.165, 1.54) is 12.1 Å². The molecule has 0 fully saturated rings. The van der Waals surface area contributed by atoms with Crippen molar-refractivity contribution in [3.63, 3.8) is 0 Å². The smallest absolute Gasteiger partial charge is 0.323 e. The van der Waals surface area contributed by atoms with Crippen LogP contribution in [-0.4, -0.2) is 28.7 Å². The molecule has 29 heavy (non-hydrogen) atoms. The third-order valence-corrected chi connectivity index (χ3v) is 4.88. The highest BCUT2D eigenvalue weighted by molar-refractivity contribution is 6.34. The van der Waals surface area contributed by atoms with Crippen LogP contribution in [0.3, 0.4) is 0 Å². The number of hydrogen-bond acceptors (Lipinski definition) is 3. The molecular weight excluding hydrogens is 409 g/mol. The molecule has 1 N–H and O–H groups in total. The lowest BCUT2D eigenvalue weighted by Gasteiger charge is -2.28. The van der Waals surface area contributed by atoms with E-state index in [2.05, 4.69) is 5.32 Å². The van der Waals surface area contributed by atoms with Gasteiger partial charge in [0.25, 0.3) is 11.8 Å². The van der Waals surface area contributed by atoms with Crippen molar-refractivity contribution in [2.45, 2.75) is 26.1 Å². The Morgan fingerprint density at radius 1 is 1.03 bits per heavy atom. The van der Waals surface area contributed by atoms with E-state index >= 15 is 0 Å². The van der Waals surface area contributed by atoms with E-state index in [1.54, 1.807) is 26.0 Å². The lowest BCUT2D eigenvalue weighted by atomic mass is 10.0. The van der Waals surface area contributed by atoms with E-state index in [-0.39, 0.29) is 21.8 Å². The van der Waals surface area contributed by atoms with Gasteiger partial charge in [0.15, 0.2) is 0 Å². The van der Waals surface area contributed by atoms with Crippen LogP contribution in [0.15, 0.2) is 42.5 Å². The first kappa shape index (κ1) is 20.9. The van der Waals surface area contributed by atoms with Crippen molar-refractivity contribution in [2.24, 2.45) is 5.92 Å². The molecule has 1 aliphatic heterocycles. The lowest BCUT2D eigenvalue weighted by Crippen LogP contribution is -2.50. The molecule has 3 rings (SSSR count). The third-order valence-electron chi connectivity index (χ3n) is 4.56. The van der Waals surface area contributed by atoms with E-state index in [0.717, 1.165) is 17.0 Å². The van der Waals surface area contributed by atoms with Gasteiger partial charge in [-0.15, -0.1) is 0 Å². The molecule has 0 radical (unpaired) electrons. The van der Waals surface area contributed by atoms with Gasteiger partial charge in [-0.1, -0.05) is 37.6 Å². The second-order valence-corrected chi connectivity index (χ2v) is 7.30. The molecular formula is C20H16ClF3N2O3. The Kier molecular flexibility index (Phi) is 5.40. The average molecular weight is 425 g/mol. The van der Waals surface area contributed by atoms with E-state index < -0.39 is 41.4 Å².